The zero-order valence-corrected chi connectivity index (χ0v) is 21.2. The minimum atomic E-state index is -0.211. The molecule has 0 atom stereocenters. The highest BCUT2D eigenvalue weighted by Crippen LogP contribution is 2.39. The number of imidazole rings is 1. The number of rotatable bonds is 9. The summed E-state index contributed by atoms with van der Waals surface area (Å²) in [7, 11) is 1.60. The van der Waals surface area contributed by atoms with E-state index >= 15 is 0 Å². The van der Waals surface area contributed by atoms with Crippen LogP contribution < -0.4 is 15.8 Å². The maximum Gasteiger partial charge on any atom is 0.271 e. The molecule has 6 rings (SSSR count). The van der Waals surface area contributed by atoms with Gasteiger partial charge >= 0.3 is 0 Å². The molecule has 9 heteroatoms. The average Bonchev–Trinajstić information content (AvgIpc) is 3.48. The first-order valence-electron chi connectivity index (χ1n) is 12.7. The molecule has 0 aliphatic heterocycles. The van der Waals surface area contributed by atoms with Crippen LogP contribution in [0, 0.1) is 0 Å². The van der Waals surface area contributed by atoms with Crippen LogP contribution >= 0.6 is 0 Å². The van der Waals surface area contributed by atoms with Crippen molar-refractivity contribution in [3.05, 3.63) is 102 Å². The number of benzene rings is 2. The van der Waals surface area contributed by atoms with Crippen LogP contribution in [-0.4, -0.2) is 37.3 Å². The smallest absolute Gasteiger partial charge is 0.271 e. The molecule has 192 valence electrons. The molecule has 5 aromatic rings. The zero-order valence-electron chi connectivity index (χ0n) is 21.2. The number of nitrogen functional groups attached to an aromatic ring is 1. The molecule has 1 saturated carbocycles. The summed E-state index contributed by atoms with van der Waals surface area (Å²) >= 11 is 0. The second-order valence-corrected chi connectivity index (χ2v) is 9.67. The maximum absolute atomic E-state index is 13.1. The van der Waals surface area contributed by atoms with Crippen LogP contribution in [0.15, 0.2) is 73.3 Å². The molecule has 1 aliphatic carbocycles. The van der Waals surface area contributed by atoms with Crippen LogP contribution in [0.3, 0.4) is 0 Å². The number of nitrogens with two attached hydrogens (primary N) is 1. The van der Waals surface area contributed by atoms with Gasteiger partial charge in [-0.25, -0.2) is 9.97 Å². The monoisotopic (exact) mass is 507 g/mol. The van der Waals surface area contributed by atoms with Crippen molar-refractivity contribution in [2.45, 2.75) is 38.4 Å². The van der Waals surface area contributed by atoms with Gasteiger partial charge in [0.15, 0.2) is 0 Å². The van der Waals surface area contributed by atoms with Gasteiger partial charge in [0, 0.05) is 54.7 Å². The molecule has 38 heavy (non-hydrogen) atoms. The first kappa shape index (κ1) is 23.7. The molecule has 0 unspecified atom stereocenters. The van der Waals surface area contributed by atoms with Gasteiger partial charge in [0.05, 0.1) is 13.7 Å². The highest BCUT2D eigenvalue weighted by Gasteiger charge is 2.30. The Morgan fingerprint density at radius 2 is 1.89 bits per heavy atom. The summed E-state index contributed by atoms with van der Waals surface area (Å²) in [5, 5.41) is 9.05. The molecule has 3 aromatic heterocycles. The van der Waals surface area contributed by atoms with Crippen LogP contribution in [0.2, 0.25) is 0 Å². The molecule has 1 fully saturated rings. The molecule has 0 saturated heterocycles. The number of hydrogen-bond donors (Lipinski definition) is 2. The minimum Gasteiger partial charge on any atom is -0.496 e. The number of pyridine rings is 1. The van der Waals surface area contributed by atoms with Crippen molar-refractivity contribution in [1.82, 2.24) is 29.6 Å². The predicted molar refractivity (Wildman–Crippen MR) is 145 cm³/mol. The third-order valence-corrected chi connectivity index (χ3v) is 6.90. The lowest BCUT2D eigenvalue weighted by molar-refractivity contribution is 0.0946. The number of anilines is 1. The van der Waals surface area contributed by atoms with E-state index in [1.54, 1.807) is 19.5 Å². The second kappa shape index (κ2) is 10.0. The lowest BCUT2D eigenvalue weighted by Gasteiger charge is -2.12. The van der Waals surface area contributed by atoms with Gasteiger partial charge in [-0.15, -0.1) is 0 Å². The van der Waals surface area contributed by atoms with E-state index < -0.39 is 0 Å². The van der Waals surface area contributed by atoms with Crippen LogP contribution in [0.25, 0.3) is 10.8 Å². The normalized spacial score (nSPS) is 13.1. The summed E-state index contributed by atoms with van der Waals surface area (Å²) in [6, 6.07) is 16.2. The Morgan fingerprint density at radius 3 is 2.61 bits per heavy atom. The average molecular weight is 508 g/mol. The number of ether oxygens (including phenoxy) is 1. The molecule has 0 spiro atoms. The molecule has 3 N–H and O–H groups in total. The first-order chi connectivity index (χ1) is 18.6. The number of carbonyl (C=O) groups is 1. The molecule has 0 radical (unpaired) electrons. The number of amides is 1. The van der Waals surface area contributed by atoms with Crippen molar-refractivity contribution in [2.24, 2.45) is 0 Å². The van der Waals surface area contributed by atoms with Gasteiger partial charge in [-0.05, 0) is 53.6 Å². The number of carbonyl (C=O) groups excluding carboxylic acids is 1. The Balaban J connectivity index is 1.17. The Bertz CT molecular complexity index is 1590. The summed E-state index contributed by atoms with van der Waals surface area (Å²) in [5.74, 6) is 2.27. The third-order valence-electron chi connectivity index (χ3n) is 6.90. The fourth-order valence-electron chi connectivity index (χ4n) is 4.73. The lowest BCUT2D eigenvalue weighted by atomic mass is 10.1. The van der Waals surface area contributed by atoms with Gasteiger partial charge in [0.25, 0.3) is 5.91 Å². The van der Waals surface area contributed by atoms with Crippen molar-refractivity contribution in [3.8, 4) is 5.75 Å². The molecule has 2 aromatic carbocycles. The van der Waals surface area contributed by atoms with Gasteiger partial charge < -0.3 is 20.4 Å². The largest absolute Gasteiger partial charge is 0.496 e. The van der Waals surface area contributed by atoms with Crippen LogP contribution in [0.4, 0.5) is 5.82 Å². The molecular formula is C29H29N7O2. The van der Waals surface area contributed by atoms with E-state index in [9.17, 15) is 4.79 Å². The minimum absolute atomic E-state index is 0.211. The highest BCUT2D eigenvalue weighted by atomic mass is 16.5. The van der Waals surface area contributed by atoms with Crippen molar-refractivity contribution in [1.29, 1.82) is 0 Å². The van der Waals surface area contributed by atoms with Crippen LogP contribution in [0.5, 0.6) is 5.75 Å². The van der Waals surface area contributed by atoms with E-state index in [1.165, 1.54) is 5.56 Å². The molecular weight excluding hydrogens is 478 g/mol. The SMILES string of the molecule is COc1cc2c(N)nccc2cc1CNC(=O)c1cn(Cc2ccc(Cn3cccn3)cc2)c(C2CC2)n1. The summed E-state index contributed by atoms with van der Waals surface area (Å²) in [4.78, 5) is 22.0. The van der Waals surface area contributed by atoms with E-state index in [-0.39, 0.29) is 5.91 Å². The Morgan fingerprint density at radius 1 is 1.11 bits per heavy atom. The molecule has 0 bridgehead atoms. The topological polar surface area (TPSA) is 113 Å². The predicted octanol–water partition coefficient (Wildman–Crippen LogP) is 4.12. The Labute approximate surface area is 220 Å². The fraction of sp³-hybridized carbons (Fsp3) is 0.241. The van der Waals surface area contributed by atoms with Crippen LogP contribution in [-0.2, 0) is 19.6 Å². The number of nitrogens with zero attached hydrogens (tertiary/aromatic N) is 5. The summed E-state index contributed by atoms with van der Waals surface area (Å²) in [6.07, 6.45) is 9.49. The maximum atomic E-state index is 13.1. The lowest BCUT2D eigenvalue weighted by Crippen LogP contribution is -2.23. The summed E-state index contributed by atoms with van der Waals surface area (Å²) < 4.78 is 9.57. The van der Waals surface area contributed by atoms with Crippen molar-refractivity contribution >= 4 is 22.5 Å². The number of methoxy groups -OCH3 is 1. The number of aromatic nitrogens is 5. The molecule has 9 nitrogen and oxygen atoms in total. The number of fused-ring (bicyclic) bond motifs is 1. The first-order valence-corrected chi connectivity index (χ1v) is 12.7. The Kier molecular flexibility index (Phi) is 6.25. The van der Waals surface area contributed by atoms with Gasteiger partial charge in [0.2, 0.25) is 0 Å². The summed E-state index contributed by atoms with van der Waals surface area (Å²) in [6.45, 7) is 1.72. The van der Waals surface area contributed by atoms with Gasteiger partial charge in [0.1, 0.15) is 23.1 Å². The molecule has 1 amide bonds. The van der Waals surface area contributed by atoms with Crippen LogP contribution in [0.1, 0.15) is 51.8 Å². The number of hydrogen-bond acceptors (Lipinski definition) is 6. The van der Waals surface area contributed by atoms with E-state index in [1.807, 2.05) is 41.3 Å². The third kappa shape index (κ3) is 4.95. The van der Waals surface area contributed by atoms with E-state index in [0.29, 0.717) is 36.3 Å². The quantitative estimate of drug-likeness (QED) is 0.310. The number of nitrogens with one attached hydrogen (secondary N) is 1. The van der Waals surface area contributed by atoms with Crippen molar-refractivity contribution in [2.75, 3.05) is 12.8 Å². The van der Waals surface area contributed by atoms with Crippen molar-refractivity contribution in [3.63, 3.8) is 0 Å². The van der Waals surface area contributed by atoms with E-state index in [4.69, 9.17) is 15.5 Å². The van der Waals surface area contributed by atoms with Gasteiger partial charge in [-0.3, -0.25) is 9.48 Å². The fourth-order valence-corrected chi connectivity index (χ4v) is 4.73. The van der Waals surface area contributed by atoms with Gasteiger partial charge in [-0.2, -0.15) is 5.10 Å². The highest BCUT2D eigenvalue weighted by molar-refractivity contribution is 5.94. The summed E-state index contributed by atoms with van der Waals surface area (Å²) in [5.41, 5.74) is 9.65. The molecule has 1 aliphatic rings. The van der Waals surface area contributed by atoms with Crippen molar-refractivity contribution < 1.29 is 9.53 Å². The second-order valence-electron chi connectivity index (χ2n) is 9.67. The Hall–Kier alpha value is -4.66. The van der Waals surface area contributed by atoms with E-state index in [2.05, 4.69) is 44.2 Å². The zero-order chi connectivity index (χ0) is 26.1. The standard InChI is InChI=1S/C29H29N7O2/c1-38-26-14-24-22(9-11-31-27(24)30)13-23(26)15-32-29(37)25-18-35(28(34-25)21-7-8-21)16-19-3-5-20(6-4-19)17-36-12-2-10-33-36/h2-6,9-14,18,21H,7-8,15-17H2,1H3,(H2,30,31)(H,32,37). The molecule has 3 heterocycles. The van der Waals surface area contributed by atoms with E-state index in [0.717, 1.165) is 47.1 Å². The van der Waals surface area contributed by atoms with Gasteiger partial charge in [-0.1, -0.05) is 24.3 Å².